The van der Waals surface area contributed by atoms with Gasteiger partial charge >= 0.3 is 0 Å². The number of thioether (sulfide) groups is 1. The zero-order valence-electron chi connectivity index (χ0n) is 5.77. The van der Waals surface area contributed by atoms with E-state index < -0.39 is 0 Å². The summed E-state index contributed by atoms with van der Waals surface area (Å²) in [7, 11) is 1.83. The fourth-order valence-electron chi connectivity index (χ4n) is 0.314. The lowest BCUT2D eigenvalue weighted by Gasteiger charge is -1.93. The van der Waals surface area contributed by atoms with Gasteiger partial charge < -0.3 is 0 Å². The summed E-state index contributed by atoms with van der Waals surface area (Å²) in [5, 5.41) is 1.19. The Hall–Kier alpha value is 0.0200. The molecule has 0 saturated heterocycles. The van der Waals surface area contributed by atoms with Crippen molar-refractivity contribution in [2.24, 2.45) is 4.99 Å². The quantitative estimate of drug-likeness (QED) is 0.413. The molecule has 0 bridgehead atoms. The van der Waals surface area contributed by atoms with Crippen LogP contribution in [0.2, 0.25) is 0 Å². The van der Waals surface area contributed by atoms with E-state index in [4.69, 9.17) is 0 Å². The van der Waals surface area contributed by atoms with Gasteiger partial charge in [-0.15, -0.1) is 11.8 Å². The number of hydrogen-bond acceptors (Lipinski definition) is 2. The van der Waals surface area contributed by atoms with E-state index in [-0.39, 0.29) is 0 Å². The SMILES string of the molecule is CCCS/C(C)=N\C. The van der Waals surface area contributed by atoms with Gasteiger partial charge in [0.25, 0.3) is 0 Å². The second-order valence-corrected chi connectivity index (χ2v) is 2.88. The molecular weight excluding hydrogens is 118 g/mol. The van der Waals surface area contributed by atoms with Gasteiger partial charge in [0.1, 0.15) is 0 Å². The van der Waals surface area contributed by atoms with Crippen molar-refractivity contribution < 1.29 is 0 Å². The molecule has 0 aromatic carbocycles. The van der Waals surface area contributed by atoms with Crippen molar-refractivity contribution in [1.82, 2.24) is 0 Å². The smallest absolute Gasteiger partial charge is 0.0641 e. The molecular formula is C6H13NS. The van der Waals surface area contributed by atoms with Gasteiger partial charge in [0.05, 0.1) is 5.04 Å². The van der Waals surface area contributed by atoms with E-state index in [0.717, 1.165) is 0 Å². The van der Waals surface area contributed by atoms with Crippen molar-refractivity contribution in [3.8, 4) is 0 Å². The van der Waals surface area contributed by atoms with Crippen LogP contribution in [0.4, 0.5) is 0 Å². The maximum atomic E-state index is 4.01. The van der Waals surface area contributed by atoms with Crippen LogP contribution >= 0.6 is 11.8 Å². The Kier molecular flexibility index (Phi) is 5.18. The Morgan fingerprint density at radius 1 is 1.62 bits per heavy atom. The molecule has 0 aromatic rings. The first-order valence-corrected chi connectivity index (χ1v) is 3.86. The molecule has 0 saturated carbocycles. The largest absolute Gasteiger partial charge is 0.287 e. The van der Waals surface area contributed by atoms with Crippen molar-refractivity contribution >= 4 is 16.8 Å². The monoisotopic (exact) mass is 131 g/mol. The molecule has 0 aromatic heterocycles. The molecule has 0 unspecified atom stereocenters. The fourth-order valence-corrected chi connectivity index (χ4v) is 0.943. The highest BCUT2D eigenvalue weighted by Gasteiger charge is 1.85. The molecule has 0 fully saturated rings. The maximum absolute atomic E-state index is 4.01. The third kappa shape index (κ3) is 4.19. The summed E-state index contributed by atoms with van der Waals surface area (Å²) in [5.41, 5.74) is 0. The normalized spacial score (nSPS) is 12.1. The van der Waals surface area contributed by atoms with Gasteiger partial charge in [-0.05, 0) is 19.1 Å². The minimum absolute atomic E-state index is 1.19. The molecule has 48 valence electrons. The Bertz CT molecular complexity index is 78.6. The Morgan fingerprint density at radius 2 is 2.25 bits per heavy atom. The summed E-state index contributed by atoms with van der Waals surface area (Å²) in [4.78, 5) is 4.01. The van der Waals surface area contributed by atoms with E-state index in [0.29, 0.717) is 0 Å². The highest BCUT2D eigenvalue weighted by molar-refractivity contribution is 8.13. The second kappa shape index (κ2) is 5.16. The second-order valence-electron chi connectivity index (χ2n) is 1.59. The molecule has 0 rings (SSSR count). The lowest BCUT2D eigenvalue weighted by atomic mass is 10.6. The third-order valence-electron chi connectivity index (χ3n) is 0.830. The average molecular weight is 131 g/mol. The van der Waals surface area contributed by atoms with Gasteiger partial charge in [0.15, 0.2) is 0 Å². The molecule has 0 N–H and O–H groups in total. The summed E-state index contributed by atoms with van der Waals surface area (Å²) >= 11 is 1.83. The van der Waals surface area contributed by atoms with Crippen LogP contribution in [0.1, 0.15) is 20.3 Å². The van der Waals surface area contributed by atoms with E-state index in [2.05, 4.69) is 11.9 Å². The van der Waals surface area contributed by atoms with Crippen LogP contribution < -0.4 is 0 Å². The topological polar surface area (TPSA) is 12.4 Å². The van der Waals surface area contributed by atoms with Crippen molar-refractivity contribution in [3.05, 3.63) is 0 Å². The zero-order chi connectivity index (χ0) is 6.41. The summed E-state index contributed by atoms with van der Waals surface area (Å²) in [6, 6.07) is 0. The van der Waals surface area contributed by atoms with Crippen LogP contribution in [0.3, 0.4) is 0 Å². The van der Waals surface area contributed by atoms with Gasteiger partial charge in [-0.3, -0.25) is 4.99 Å². The first-order chi connectivity index (χ1) is 3.81. The van der Waals surface area contributed by atoms with Crippen LogP contribution in [0.15, 0.2) is 4.99 Å². The van der Waals surface area contributed by atoms with Crippen LogP contribution in [0, 0.1) is 0 Å². The van der Waals surface area contributed by atoms with Crippen molar-refractivity contribution in [3.63, 3.8) is 0 Å². The van der Waals surface area contributed by atoms with Gasteiger partial charge in [-0.25, -0.2) is 0 Å². The highest BCUT2D eigenvalue weighted by Crippen LogP contribution is 2.03. The number of hydrogen-bond donors (Lipinski definition) is 0. The summed E-state index contributed by atoms with van der Waals surface area (Å²) in [6.07, 6.45) is 1.23. The summed E-state index contributed by atoms with van der Waals surface area (Å²) < 4.78 is 0. The van der Waals surface area contributed by atoms with E-state index >= 15 is 0 Å². The van der Waals surface area contributed by atoms with E-state index in [1.54, 1.807) is 0 Å². The molecule has 0 radical (unpaired) electrons. The molecule has 0 heterocycles. The standard InChI is InChI=1S/C6H13NS/c1-4-5-8-6(2)7-3/h4-5H2,1-3H3/b7-6-. The molecule has 0 amide bonds. The molecule has 0 aliphatic heterocycles. The lowest BCUT2D eigenvalue weighted by molar-refractivity contribution is 1.11. The van der Waals surface area contributed by atoms with E-state index in [9.17, 15) is 0 Å². The number of aliphatic imine (C=N–C) groups is 1. The first kappa shape index (κ1) is 8.02. The first-order valence-electron chi connectivity index (χ1n) is 2.87. The molecule has 0 spiro atoms. The molecule has 0 aliphatic carbocycles. The minimum atomic E-state index is 1.19. The molecule has 0 aliphatic rings. The van der Waals surface area contributed by atoms with Crippen LogP contribution in [-0.4, -0.2) is 17.8 Å². The lowest BCUT2D eigenvalue weighted by Crippen LogP contribution is -1.83. The Morgan fingerprint density at radius 3 is 2.62 bits per heavy atom. The molecule has 1 nitrogen and oxygen atoms in total. The molecule has 2 heteroatoms. The number of rotatable bonds is 2. The predicted octanol–water partition coefficient (Wildman–Crippen LogP) is 2.18. The van der Waals surface area contributed by atoms with Crippen LogP contribution in [-0.2, 0) is 0 Å². The van der Waals surface area contributed by atoms with Crippen molar-refractivity contribution in [2.45, 2.75) is 20.3 Å². The third-order valence-corrected chi connectivity index (χ3v) is 2.04. The Balaban J connectivity index is 3.12. The zero-order valence-corrected chi connectivity index (χ0v) is 6.59. The fraction of sp³-hybridized carbons (Fsp3) is 0.833. The molecule has 8 heavy (non-hydrogen) atoms. The molecule has 0 atom stereocenters. The number of nitrogens with zero attached hydrogens (tertiary/aromatic N) is 1. The van der Waals surface area contributed by atoms with Gasteiger partial charge in [0.2, 0.25) is 0 Å². The van der Waals surface area contributed by atoms with Crippen LogP contribution in [0.25, 0.3) is 0 Å². The van der Waals surface area contributed by atoms with Crippen LogP contribution in [0.5, 0.6) is 0 Å². The van der Waals surface area contributed by atoms with E-state index in [1.165, 1.54) is 17.2 Å². The maximum Gasteiger partial charge on any atom is 0.0641 e. The van der Waals surface area contributed by atoms with E-state index in [1.807, 2.05) is 25.7 Å². The van der Waals surface area contributed by atoms with Gasteiger partial charge in [-0.1, -0.05) is 6.92 Å². The van der Waals surface area contributed by atoms with Crippen molar-refractivity contribution in [2.75, 3.05) is 12.8 Å². The highest BCUT2D eigenvalue weighted by atomic mass is 32.2. The minimum Gasteiger partial charge on any atom is -0.287 e. The summed E-state index contributed by atoms with van der Waals surface area (Å²) in [5.74, 6) is 1.20. The summed E-state index contributed by atoms with van der Waals surface area (Å²) in [6.45, 7) is 4.22. The average Bonchev–Trinajstić information content (AvgIpc) is 1.83. The Labute approximate surface area is 55.6 Å². The predicted molar refractivity (Wildman–Crippen MR) is 41.8 cm³/mol. The van der Waals surface area contributed by atoms with Gasteiger partial charge in [-0.2, -0.15) is 0 Å². The van der Waals surface area contributed by atoms with Crippen molar-refractivity contribution in [1.29, 1.82) is 0 Å². The van der Waals surface area contributed by atoms with Gasteiger partial charge in [0, 0.05) is 7.05 Å².